The van der Waals surface area contributed by atoms with E-state index < -0.39 is 5.82 Å². The van der Waals surface area contributed by atoms with Crippen LogP contribution in [0.2, 0.25) is 5.02 Å². The van der Waals surface area contributed by atoms with E-state index in [1.54, 1.807) is 0 Å². The summed E-state index contributed by atoms with van der Waals surface area (Å²) >= 11 is 6.53. The zero-order valence-electron chi connectivity index (χ0n) is 22.4. The van der Waals surface area contributed by atoms with E-state index >= 15 is 4.39 Å². The molecule has 0 radical (unpaired) electrons. The summed E-state index contributed by atoms with van der Waals surface area (Å²) in [5.41, 5.74) is 1.75. The Bertz CT molecular complexity index is 1480. The lowest BCUT2D eigenvalue weighted by Gasteiger charge is -2.34. The SMILES string of the molecule is Oc1cc(Cl)c(C2CC2)c(-c2nnc3c(N4CC5CCC(C4)N5)nc(OCC45CCCN4CCC5)nc3c2F)c1. The van der Waals surface area contributed by atoms with Gasteiger partial charge in [0.25, 0.3) is 0 Å². The van der Waals surface area contributed by atoms with Gasteiger partial charge in [0.1, 0.15) is 23.6 Å². The van der Waals surface area contributed by atoms with Crippen LogP contribution in [0.4, 0.5) is 10.2 Å². The van der Waals surface area contributed by atoms with Crippen molar-refractivity contribution >= 4 is 28.5 Å². The second kappa shape index (κ2) is 9.36. The van der Waals surface area contributed by atoms with Gasteiger partial charge >= 0.3 is 6.01 Å². The van der Waals surface area contributed by atoms with Crippen LogP contribution in [0.25, 0.3) is 22.3 Å². The molecule has 8 rings (SSSR count). The highest BCUT2D eigenvalue weighted by molar-refractivity contribution is 6.32. The Morgan fingerprint density at radius 2 is 1.77 bits per heavy atom. The average molecular weight is 566 g/mol. The Kier molecular flexibility index (Phi) is 5.83. The normalized spacial score (nSPS) is 25.6. The summed E-state index contributed by atoms with van der Waals surface area (Å²) in [5, 5.41) is 23.3. The van der Waals surface area contributed by atoms with Crippen molar-refractivity contribution in [1.29, 1.82) is 0 Å². The lowest BCUT2D eigenvalue weighted by molar-refractivity contribution is 0.108. The standard InChI is InChI=1S/C29H33ClFN7O2/c30-21-12-19(39)11-20(22(21)16-3-4-16)24-23(31)25-26(36-35-24)27(37-13-17-5-6-18(14-37)32-17)34-28(33-25)40-15-29-7-1-9-38(29)10-2-8-29/h11-12,16-18,32,39H,1-10,13-15H2. The Balaban J connectivity index is 1.24. The summed E-state index contributed by atoms with van der Waals surface area (Å²) in [6.07, 6.45) is 8.68. The van der Waals surface area contributed by atoms with Crippen LogP contribution in [0.1, 0.15) is 62.8 Å². The third-order valence-electron chi connectivity index (χ3n) is 9.66. The zero-order valence-corrected chi connectivity index (χ0v) is 23.1. The van der Waals surface area contributed by atoms with E-state index in [0.717, 1.165) is 70.3 Å². The van der Waals surface area contributed by atoms with Crippen LogP contribution in [0.5, 0.6) is 11.8 Å². The summed E-state index contributed by atoms with van der Waals surface area (Å²) in [6, 6.07) is 3.94. The summed E-state index contributed by atoms with van der Waals surface area (Å²) in [4.78, 5) is 14.2. The Labute approximate surface area is 237 Å². The number of nitrogens with zero attached hydrogens (tertiary/aromatic N) is 6. The second-order valence-corrected chi connectivity index (χ2v) is 12.7. The molecule has 210 valence electrons. The molecule has 1 aliphatic carbocycles. The van der Waals surface area contributed by atoms with Crippen molar-refractivity contribution in [1.82, 2.24) is 30.4 Å². The van der Waals surface area contributed by atoms with Crippen LogP contribution < -0.4 is 15.0 Å². The molecule has 40 heavy (non-hydrogen) atoms. The van der Waals surface area contributed by atoms with E-state index in [2.05, 4.69) is 30.3 Å². The number of rotatable bonds is 6. The van der Waals surface area contributed by atoms with Crippen LogP contribution in [-0.4, -0.2) is 80.6 Å². The molecule has 2 atom stereocenters. The number of hydrogen-bond donors (Lipinski definition) is 2. The molecule has 0 amide bonds. The van der Waals surface area contributed by atoms with Crippen molar-refractivity contribution in [3.8, 4) is 23.0 Å². The number of phenolic OH excluding ortho intramolecular Hbond substituents is 1. The maximum atomic E-state index is 16.5. The first-order valence-corrected chi connectivity index (χ1v) is 15.0. The minimum Gasteiger partial charge on any atom is -0.508 e. The summed E-state index contributed by atoms with van der Waals surface area (Å²) in [7, 11) is 0. The van der Waals surface area contributed by atoms with Gasteiger partial charge in [0.05, 0.1) is 5.54 Å². The van der Waals surface area contributed by atoms with Gasteiger partial charge in [0, 0.05) is 35.8 Å². The molecule has 1 aromatic carbocycles. The Morgan fingerprint density at radius 1 is 1.02 bits per heavy atom. The number of phenols is 1. The third kappa shape index (κ3) is 4.10. The number of piperazine rings is 1. The molecule has 4 saturated heterocycles. The van der Waals surface area contributed by atoms with Gasteiger partial charge in [-0.1, -0.05) is 11.6 Å². The van der Waals surface area contributed by atoms with Gasteiger partial charge in [-0.05, 0) is 88.1 Å². The first-order valence-electron chi connectivity index (χ1n) is 14.6. The largest absolute Gasteiger partial charge is 0.508 e. The number of fused-ring (bicyclic) bond motifs is 4. The molecule has 5 fully saturated rings. The Hall–Kier alpha value is -2.82. The van der Waals surface area contributed by atoms with Crippen molar-refractivity contribution in [2.24, 2.45) is 0 Å². The molecular formula is C29H33ClFN7O2. The fourth-order valence-electron chi connectivity index (χ4n) is 7.60. The molecule has 9 nitrogen and oxygen atoms in total. The minimum atomic E-state index is -0.596. The predicted octanol–water partition coefficient (Wildman–Crippen LogP) is 4.41. The summed E-state index contributed by atoms with van der Waals surface area (Å²) in [6.45, 7) is 4.21. The van der Waals surface area contributed by atoms with Crippen LogP contribution in [0.15, 0.2) is 12.1 Å². The maximum absolute atomic E-state index is 16.5. The number of hydrogen-bond acceptors (Lipinski definition) is 9. The number of ether oxygens (including phenoxy) is 1. The fourth-order valence-corrected chi connectivity index (χ4v) is 7.97. The van der Waals surface area contributed by atoms with E-state index in [9.17, 15) is 5.11 Å². The van der Waals surface area contributed by atoms with Gasteiger partial charge in [-0.25, -0.2) is 4.39 Å². The lowest BCUT2D eigenvalue weighted by Crippen LogP contribution is -2.51. The molecule has 11 heteroatoms. The first kappa shape index (κ1) is 24.9. The lowest BCUT2D eigenvalue weighted by atomic mass is 9.95. The van der Waals surface area contributed by atoms with Crippen molar-refractivity contribution < 1.29 is 14.2 Å². The summed E-state index contributed by atoms with van der Waals surface area (Å²) < 4.78 is 22.8. The number of benzene rings is 1. The van der Waals surface area contributed by atoms with E-state index in [1.807, 2.05) is 0 Å². The topological polar surface area (TPSA) is 99.5 Å². The smallest absolute Gasteiger partial charge is 0.319 e. The molecule has 2 bridgehead atoms. The number of aromatic hydroxyl groups is 1. The highest BCUT2D eigenvalue weighted by Gasteiger charge is 2.45. The molecule has 4 aliphatic heterocycles. The average Bonchev–Trinajstić information content (AvgIpc) is 3.43. The minimum absolute atomic E-state index is 0.0182. The summed E-state index contributed by atoms with van der Waals surface area (Å²) in [5.74, 6) is 0.157. The van der Waals surface area contributed by atoms with Gasteiger partial charge in [0.15, 0.2) is 17.2 Å². The molecule has 0 spiro atoms. The van der Waals surface area contributed by atoms with Crippen LogP contribution in [0, 0.1) is 5.82 Å². The molecule has 5 aliphatic rings. The number of anilines is 1. The van der Waals surface area contributed by atoms with E-state index in [0.29, 0.717) is 40.6 Å². The van der Waals surface area contributed by atoms with Gasteiger partial charge < -0.3 is 20.1 Å². The molecule has 1 saturated carbocycles. The van der Waals surface area contributed by atoms with Gasteiger partial charge in [-0.2, -0.15) is 9.97 Å². The van der Waals surface area contributed by atoms with Crippen molar-refractivity contribution in [2.45, 2.75) is 74.9 Å². The van der Waals surface area contributed by atoms with E-state index in [4.69, 9.17) is 21.3 Å². The Morgan fingerprint density at radius 3 is 2.50 bits per heavy atom. The molecule has 3 aromatic rings. The van der Waals surface area contributed by atoms with Crippen LogP contribution >= 0.6 is 11.6 Å². The van der Waals surface area contributed by atoms with Crippen LogP contribution in [-0.2, 0) is 0 Å². The van der Waals surface area contributed by atoms with Gasteiger partial charge in [0.2, 0.25) is 0 Å². The van der Waals surface area contributed by atoms with Crippen LogP contribution in [0.3, 0.4) is 0 Å². The quantitative estimate of drug-likeness (QED) is 0.450. The monoisotopic (exact) mass is 565 g/mol. The number of aromatic nitrogens is 4. The third-order valence-corrected chi connectivity index (χ3v) is 9.98. The van der Waals surface area contributed by atoms with Gasteiger partial charge in [-0.15, -0.1) is 10.2 Å². The second-order valence-electron chi connectivity index (χ2n) is 12.3. The maximum Gasteiger partial charge on any atom is 0.319 e. The molecular weight excluding hydrogens is 533 g/mol. The van der Waals surface area contributed by atoms with Gasteiger partial charge in [-0.3, -0.25) is 4.90 Å². The predicted molar refractivity (Wildman–Crippen MR) is 150 cm³/mol. The zero-order chi connectivity index (χ0) is 27.0. The highest BCUT2D eigenvalue weighted by Crippen LogP contribution is 2.49. The molecule has 2 aromatic heterocycles. The van der Waals surface area contributed by atoms with E-state index in [1.165, 1.54) is 25.0 Å². The first-order chi connectivity index (χ1) is 19.5. The number of halogens is 2. The fraction of sp³-hybridized carbons (Fsp3) is 0.586. The molecule has 2 N–H and O–H groups in total. The van der Waals surface area contributed by atoms with Crippen molar-refractivity contribution in [3.63, 3.8) is 0 Å². The highest BCUT2D eigenvalue weighted by atomic mass is 35.5. The molecule has 2 unspecified atom stereocenters. The van der Waals surface area contributed by atoms with E-state index in [-0.39, 0.29) is 34.4 Å². The number of nitrogens with one attached hydrogen (secondary N) is 1. The van der Waals surface area contributed by atoms with Crippen molar-refractivity contribution in [3.05, 3.63) is 28.5 Å². The van der Waals surface area contributed by atoms with Crippen molar-refractivity contribution in [2.75, 3.05) is 37.7 Å². The molecule has 6 heterocycles.